The molecule has 0 spiro atoms. The average molecular weight is 316 g/mol. The lowest BCUT2D eigenvalue weighted by Gasteiger charge is -2.19. The van der Waals surface area contributed by atoms with Crippen LogP contribution in [0.1, 0.15) is 42.8 Å². The van der Waals surface area contributed by atoms with Gasteiger partial charge in [0.05, 0.1) is 0 Å². The van der Waals surface area contributed by atoms with Crippen molar-refractivity contribution in [3.05, 3.63) is 57.8 Å². The molecule has 4 nitrogen and oxygen atoms in total. The second kappa shape index (κ2) is 6.32. The van der Waals surface area contributed by atoms with Crippen LogP contribution in [0.25, 0.3) is 0 Å². The molecule has 0 radical (unpaired) electrons. The van der Waals surface area contributed by atoms with Gasteiger partial charge in [0.25, 0.3) is 0 Å². The van der Waals surface area contributed by atoms with Crippen molar-refractivity contribution in [2.75, 3.05) is 0 Å². The number of nitrogens with two attached hydrogens (primary N) is 1. The van der Waals surface area contributed by atoms with Gasteiger partial charge in [-0.2, -0.15) is 0 Å². The number of carboxylic acid groups (broad SMARTS) is 1. The molecule has 0 bridgehead atoms. The highest BCUT2D eigenvalue weighted by Gasteiger charge is 2.20. The molecule has 0 aliphatic rings. The average Bonchev–Trinajstić information content (AvgIpc) is 2.97. The summed E-state index contributed by atoms with van der Waals surface area (Å²) in [7, 11) is 0. The summed E-state index contributed by atoms with van der Waals surface area (Å²) in [6.07, 6.45) is 0. The number of rotatable bonds is 4. The van der Waals surface area contributed by atoms with Crippen molar-refractivity contribution >= 4 is 23.1 Å². The summed E-state index contributed by atoms with van der Waals surface area (Å²) < 4.78 is 0. The molecule has 22 heavy (non-hydrogen) atoms. The zero-order valence-electron chi connectivity index (χ0n) is 12.9. The molecule has 1 aromatic carbocycles. The van der Waals surface area contributed by atoms with Crippen LogP contribution in [-0.4, -0.2) is 16.9 Å². The maximum absolute atomic E-state index is 11.4. The molecule has 2 rings (SSSR count). The molecule has 1 unspecified atom stereocenters. The molecule has 1 heterocycles. The van der Waals surface area contributed by atoms with Crippen LogP contribution in [0.4, 0.5) is 0 Å². The minimum atomic E-state index is -1.00. The molecule has 0 aliphatic carbocycles. The van der Waals surface area contributed by atoms with Crippen molar-refractivity contribution in [1.82, 2.24) is 0 Å². The van der Waals surface area contributed by atoms with Gasteiger partial charge in [-0.3, -0.25) is 0 Å². The van der Waals surface area contributed by atoms with Gasteiger partial charge in [-0.05, 0) is 22.4 Å². The number of hydrogen-bond donors (Lipinski definition) is 2. The van der Waals surface area contributed by atoms with E-state index in [-0.39, 0.29) is 11.3 Å². The van der Waals surface area contributed by atoms with Gasteiger partial charge < -0.3 is 10.8 Å². The summed E-state index contributed by atoms with van der Waals surface area (Å²) in [5.41, 5.74) is 7.97. The quantitative estimate of drug-likeness (QED) is 0.668. The van der Waals surface area contributed by atoms with Crippen molar-refractivity contribution in [2.24, 2.45) is 10.7 Å². The van der Waals surface area contributed by atoms with Crippen LogP contribution in [0.3, 0.4) is 0 Å². The Kier molecular flexibility index (Phi) is 4.66. The van der Waals surface area contributed by atoms with Gasteiger partial charge >= 0.3 is 5.97 Å². The third-order valence-corrected chi connectivity index (χ3v) is 4.29. The van der Waals surface area contributed by atoms with E-state index in [1.807, 2.05) is 29.6 Å². The molecule has 116 valence electrons. The molecule has 1 aromatic heterocycles. The van der Waals surface area contributed by atoms with Crippen LogP contribution in [0.15, 0.2) is 46.8 Å². The van der Waals surface area contributed by atoms with E-state index in [2.05, 4.69) is 25.8 Å². The van der Waals surface area contributed by atoms with Crippen molar-refractivity contribution in [3.8, 4) is 0 Å². The molecule has 0 saturated carbocycles. The highest BCUT2D eigenvalue weighted by Crippen LogP contribution is 2.24. The zero-order chi connectivity index (χ0) is 16.3. The summed E-state index contributed by atoms with van der Waals surface area (Å²) >= 11 is 1.36. The van der Waals surface area contributed by atoms with Crippen LogP contribution >= 0.6 is 11.3 Å². The van der Waals surface area contributed by atoms with Crippen LogP contribution < -0.4 is 5.73 Å². The number of carboxylic acids is 1. The van der Waals surface area contributed by atoms with E-state index >= 15 is 0 Å². The first-order valence-corrected chi connectivity index (χ1v) is 7.87. The van der Waals surface area contributed by atoms with E-state index in [0.717, 1.165) is 5.56 Å². The summed E-state index contributed by atoms with van der Waals surface area (Å²) in [6.45, 7) is 6.41. The van der Waals surface area contributed by atoms with Crippen LogP contribution in [0, 0.1) is 0 Å². The number of aliphatic carboxylic acids is 1. The number of amidine groups is 1. The maximum atomic E-state index is 11.4. The fourth-order valence-electron chi connectivity index (χ4n) is 2.04. The lowest BCUT2D eigenvalue weighted by atomic mass is 9.86. The normalized spacial score (nSPS) is 13.9. The SMILES string of the molecule is CC(C)(C)c1ccc(C(N)=NC(C(=O)O)c2cccs2)cc1. The smallest absolute Gasteiger partial charge is 0.334 e. The predicted octanol–water partition coefficient (Wildman–Crippen LogP) is 3.58. The fraction of sp³-hybridized carbons (Fsp3) is 0.294. The molecule has 0 amide bonds. The number of aliphatic imine (C=N–C) groups is 1. The van der Waals surface area contributed by atoms with Gasteiger partial charge in [0.2, 0.25) is 0 Å². The molecule has 5 heteroatoms. The molecule has 3 N–H and O–H groups in total. The second-order valence-electron chi connectivity index (χ2n) is 6.10. The Bertz CT molecular complexity index is 668. The van der Waals surface area contributed by atoms with Gasteiger partial charge in [0.1, 0.15) is 5.84 Å². The molecular formula is C17H20N2O2S. The summed E-state index contributed by atoms with van der Waals surface area (Å²) in [4.78, 5) is 16.2. The predicted molar refractivity (Wildman–Crippen MR) is 90.6 cm³/mol. The minimum Gasteiger partial charge on any atom is -0.479 e. The molecule has 2 aromatic rings. The Morgan fingerprint density at radius 1 is 1.23 bits per heavy atom. The van der Waals surface area contributed by atoms with Crippen LogP contribution in [-0.2, 0) is 10.2 Å². The maximum Gasteiger partial charge on any atom is 0.334 e. The van der Waals surface area contributed by atoms with E-state index in [4.69, 9.17) is 5.73 Å². The van der Waals surface area contributed by atoms with Crippen LogP contribution in [0.2, 0.25) is 0 Å². The van der Waals surface area contributed by atoms with Crippen molar-refractivity contribution in [2.45, 2.75) is 32.2 Å². The Morgan fingerprint density at radius 3 is 2.32 bits per heavy atom. The van der Waals surface area contributed by atoms with E-state index < -0.39 is 12.0 Å². The second-order valence-corrected chi connectivity index (χ2v) is 7.08. The van der Waals surface area contributed by atoms with E-state index in [0.29, 0.717) is 4.88 Å². The molecule has 0 fully saturated rings. The number of carbonyl (C=O) groups is 1. The number of nitrogens with zero attached hydrogens (tertiary/aromatic N) is 1. The molecule has 0 saturated heterocycles. The van der Waals surface area contributed by atoms with Gasteiger partial charge in [-0.15, -0.1) is 11.3 Å². The highest BCUT2D eigenvalue weighted by molar-refractivity contribution is 7.10. The van der Waals surface area contributed by atoms with Crippen molar-refractivity contribution < 1.29 is 9.90 Å². The standard InChI is InChI=1S/C17H20N2O2S/c1-17(2,3)12-8-6-11(7-9-12)15(18)19-14(16(20)21)13-5-4-10-22-13/h4-10,14H,1-3H3,(H2,18,19)(H,20,21). The fourth-order valence-corrected chi connectivity index (χ4v) is 2.80. The lowest BCUT2D eigenvalue weighted by Crippen LogP contribution is -2.19. The Balaban J connectivity index is 2.29. The Morgan fingerprint density at radius 2 is 1.86 bits per heavy atom. The highest BCUT2D eigenvalue weighted by atomic mass is 32.1. The lowest BCUT2D eigenvalue weighted by molar-refractivity contribution is -0.138. The Labute approximate surface area is 134 Å². The molecular weight excluding hydrogens is 296 g/mol. The van der Waals surface area contributed by atoms with Gasteiger partial charge in [-0.25, -0.2) is 9.79 Å². The van der Waals surface area contributed by atoms with Gasteiger partial charge in [-0.1, -0.05) is 51.1 Å². The van der Waals surface area contributed by atoms with Gasteiger partial charge in [0.15, 0.2) is 6.04 Å². The first-order valence-electron chi connectivity index (χ1n) is 6.99. The first-order chi connectivity index (χ1) is 10.3. The van der Waals surface area contributed by atoms with Crippen LogP contribution in [0.5, 0.6) is 0 Å². The third-order valence-electron chi connectivity index (χ3n) is 3.36. The third kappa shape index (κ3) is 3.74. The van der Waals surface area contributed by atoms with E-state index in [1.165, 1.54) is 16.9 Å². The summed E-state index contributed by atoms with van der Waals surface area (Å²) in [6, 6.07) is 10.4. The van der Waals surface area contributed by atoms with Crippen molar-refractivity contribution in [3.63, 3.8) is 0 Å². The first kappa shape index (κ1) is 16.2. The van der Waals surface area contributed by atoms with E-state index in [1.54, 1.807) is 12.1 Å². The minimum absolute atomic E-state index is 0.0605. The molecule has 1 atom stereocenters. The largest absolute Gasteiger partial charge is 0.479 e. The zero-order valence-corrected chi connectivity index (χ0v) is 13.7. The number of thiophene rings is 1. The van der Waals surface area contributed by atoms with Gasteiger partial charge in [0, 0.05) is 10.4 Å². The number of hydrogen-bond acceptors (Lipinski definition) is 3. The summed E-state index contributed by atoms with van der Waals surface area (Å²) in [5, 5.41) is 11.2. The van der Waals surface area contributed by atoms with E-state index in [9.17, 15) is 9.90 Å². The van der Waals surface area contributed by atoms with Crippen molar-refractivity contribution in [1.29, 1.82) is 0 Å². The summed E-state index contributed by atoms with van der Waals surface area (Å²) in [5.74, 6) is -0.766. The Hall–Kier alpha value is -2.14. The molecule has 0 aliphatic heterocycles. The topological polar surface area (TPSA) is 75.7 Å². The monoisotopic (exact) mass is 316 g/mol. The number of benzene rings is 1.